The van der Waals surface area contributed by atoms with Gasteiger partial charge in [0.1, 0.15) is 0 Å². The number of rotatable bonds is 3. The maximum Gasteiger partial charge on any atom is 0.0486 e. The molecular weight excluding hydrogens is 238 g/mol. The van der Waals surface area contributed by atoms with Gasteiger partial charge in [-0.3, -0.25) is 0 Å². The highest BCUT2D eigenvalue weighted by molar-refractivity contribution is 9.10. The van der Waals surface area contributed by atoms with E-state index >= 15 is 0 Å². The van der Waals surface area contributed by atoms with Crippen LogP contribution in [0.5, 0.6) is 0 Å². The van der Waals surface area contributed by atoms with Crippen molar-refractivity contribution >= 4 is 21.6 Å². The summed E-state index contributed by atoms with van der Waals surface area (Å²) >= 11 is 3.55. The van der Waals surface area contributed by atoms with Gasteiger partial charge in [-0.1, -0.05) is 19.1 Å². The fourth-order valence-electron chi connectivity index (χ4n) is 1.98. The summed E-state index contributed by atoms with van der Waals surface area (Å²) in [6, 6.07) is 8.89. The van der Waals surface area contributed by atoms with E-state index in [9.17, 15) is 0 Å². The first-order valence-electron chi connectivity index (χ1n) is 5.19. The molecule has 2 rings (SSSR count). The lowest BCUT2D eigenvalue weighted by molar-refractivity contribution is 0.645. The molecule has 2 heteroatoms. The highest BCUT2D eigenvalue weighted by atomic mass is 79.9. The van der Waals surface area contributed by atoms with Crippen molar-refractivity contribution in [2.75, 3.05) is 5.32 Å². The molecule has 3 atom stereocenters. The Kier molecular flexibility index (Phi) is 2.82. The fraction of sp³-hybridized carbons (Fsp3) is 0.500. The van der Waals surface area contributed by atoms with E-state index in [2.05, 4.69) is 53.3 Å². The first kappa shape index (κ1) is 10.0. The third-order valence-electron chi connectivity index (χ3n) is 3.07. The van der Waals surface area contributed by atoms with Crippen molar-refractivity contribution in [3.05, 3.63) is 28.7 Å². The highest BCUT2D eigenvalue weighted by Gasteiger charge is 2.37. The van der Waals surface area contributed by atoms with Gasteiger partial charge in [0.25, 0.3) is 0 Å². The third kappa shape index (κ3) is 2.11. The van der Waals surface area contributed by atoms with Gasteiger partial charge in [-0.05, 0) is 53.2 Å². The Hall–Kier alpha value is -0.500. The van der Waals surface area contributed by atoms with Crippen LogP contribution in [0.2, 0.25) is 0 Å². The summed E-state index contributed by atoms with van der Waals surface area (Å²) in [6.45, 7) is 4.59. The first-order chi connectivity index (χ1) is 6.68. The smallest absolute Gasteiger partial charge is 0.0486 e. The summed E-state index contributed by atoms with van der Waals surface area (Å²) in [5.74, 6) is 1.77. The van der Waals surface area contributed by atoms with Crippen molar-refractivity contribution in [2.24, 2.45) is 11.8 Å². The predicted molar refractivity (Wildman–Crippen MR) is 64.5 cm³/mol. The Labute approximate surface area is 94.0 Å². The molecule has 0 amide bonds. The predicted octanol–water partition coefficient (Wildman–Crippen LogP) is 3.91. The van der Waals surface area contributed by atoms with Gasteiger partial charge in [0.05, 0.1) is 0 Å². The van der Waals surface area contributed by atoms with E-state index in [1.165, 1.54) is 12.1 Å². The van der Waals surface area contributed by atoms with Crippen LogP contribution in [0.25, 0.3) is 0 Å². The zero-order valence-electron chi connectivity index (χ0n) is 8.63. The van der Waals surface area contributed by atoms with E-state index in [-0.39, 0.29) is 0 Å². The largest absolute Gasteiger partial charge is 0.381 e. The molecule has 0 bridgehead atoms. The van der Waals surface area contributed by atoms with Crippen molar-refractivity contribution in [2.45, 2.75) is 26.3 Å². The molecule has 1 aliphatic carbocycles. The molecule has 1 aromatic carbocycles. The van der Waals surface area contributed by atoms with E-state index in [1.807, 2.05) is 6.07 Å². The van der Waals surface area contributed by atoms with Gasteiger partial charge in [-0.25, -0.2) is 0 Å². The van der Waals surface area contributed by atoms with Crippen LogP contribution in [0.1, 0.15) is 20.3 Å². The van der Waals surface area contributed by atoms with Crippen molar-refractivity contribution in [3.63, 3.8) is 0 Å². The molecule has 1 saturated carbocycles. The standard InChI is InChI=1S/C12H16BrN/c1-8-7-10(8)9(2)14-12-6-4-3-5-11(12)13/h3-6,8-10,14H,7H2,1-2H3. The SMILES string of the molecule is CC1CC1C(C)Nc1ccccc1Br. The summed E-state index contributed by atoms with van der Waals surface area (Å²) in [5.41, 5.74) is 1.21. The van der Waals surface area contributed by atoms with Crippen LogP contribution in [0.3, 0.4) is 0 Å². The molecule has 1 fully saturated rings. The molecule has 3 unspecified atom stereocenters. The van der Waals surface area contributed by atoms with Crippen LogP contribution in [-0.4, -0.2) is 6.04 Å². The average molecular weight is 254 g/mol. The van der Waals surface area contributed by atoms with E-state index in [1.54, 1.807) is 0 Å². The Bertz CT molecular complexity index is 324. The molecule has 1 N–H and O–H groups in total. The number of hydrogen-bond acceptors (Lipinski definition) is 1. The molecule has 0 radical (unpaired) electrons. The highest BCUT2D eigenvalue weighted by Crippen LogP contribution is 2.41. The first-order valence-corrected chi connectivity index (χ1v) is 5.99. The molecule has 14 heavy (non-hydrogen) atoms. The Morgan fingerprint density at radius 3 is 2.64 bits per heavy atom. The van der Waals surface area contributed by atoms with Crippen molar-refractivity contribution in [1.29, 1.82) is 0 Å². The maximum absolute atomic E-state index is 3.56. The molecule has 1 nitrogen and oxygen atoms in total. The number of nitrogens with one attached hydrogen (secondary N) is 1. The van der Waals surface area contributed by atoms with E-state index in [0.717, 1.165) is 16.3 Å². The van der Waals surface area contributed by atoms with Gasteiger partial charge in [-0.15, -0.1) is 0 Å². The van der Waals surface area contributed by atoms with Gasteiger partial charge >= 0.3 is 0 Å². The molecule has 0 aromatic heterocycles. The number of halogens is 1. The zero-order valence-corrected chi connectivity index (χ0v) is 10.2. The van der Waals surface area contributed by atoms with Crippen LogP contribution in [-0.2, 0) is 0 Å². The molecule has 0 spiro atoms. The second-order valence-electron chi connectivity index (χ2n) is 4.29. The third-order valence-corrected chi connectivity index (χ3v) is 3.76. The minimum Gasteiger partial charge on any atom is -0.381 e. The van der Waals surface area contributed by atoms with Crippen LogP contribution < -0.4 is 5.32 Å². The van der Waals surface area contributed by atoms with Crippen molar-refractivity contribution in [3.8, 4) is 0 Å². The average Bonchev–Trinajstić information content (AvgIpc) is 2.87. The lowest BCUT2D eigenvalue weighted by atomic mass is 10.1. The second-order valence-corrected chi connectivity index (χ2v) is 5.14. The monoisotopic (exact) mass is 253 g/mol. The lowest BCUT2D eigenvalue weighted by Crippen LogP contribution is -2.18. The maximum atomic E-state index is 3.56. The molecular formula is C12H16BrN. The van der Waals surface area contributed by atoms with Crippen LogP contribution in [0, 0.1) is 11.8 Å². The van der Waals surface area contributed by atoms with Crippen LogP contribution in [0.15, 0.2) is 28.7 Å². The fourth-order valence-corrected chi connectivity index (χ4v) is 2.38. The molecule has 0 saturated heterocycles. The van der Waals surface area contributed by atoms with Crippen molar-refractivity contribution in [1.82, 2.24) is 0 Å². The van der Waals surface area contributed by atoms with Crippen molar-refractivity contribution < 1.29 is 0 Å². The van der Waals surface area contributed by atoms with Crippen LogP contribution in [0.4, 0.5) is 5.69 Å². The molecule has 76 valence electrons. The topological polar surface area (TPSA) is 12.0 Å². The van der Waals surface area contributed by atoms with E-state index in [4.69, 9.17) is 0 Å². The summed E-state index contributed by atoms with van der Waals surface area (Å²) in [7, 11) is 0. The van der Waals surface area contributed by atoms with Crippen LogP contribution >= 0.6 is 15.9 Å². The Balaban J connectivity index is 2.00. The summed E-state index contributed by atoms with van der Waals surface area (Å²) in [5, 5.41) is 3.56. The minimum atomic E-state index is 0.587. The number of benzene rings is 1. The number of para-hydroxylation sites is 1. The molecule has 1 aliphatic rings. The summed E-state index contributed by atoms with van der Waals surface area (Å²) in [6.07, 6.45) is 1.37. The summed E-state index contributed by atoms with van der Waals surface area (Å²) < 4.78 is 1.15. The second kappa shape index (κ2) is 3.93. The molecule has 1 aromatic rings. The number of hydrogen-bond donors (Lipinski definition) is 1. The summed E-state index contributed by atoms with van der Waals surface area (Å²) in [4.78, 5) is 0. The lowest BCUT2D eigenvalue weighted by Gasteiger charge is -2.15. The quantitative estimate of drug-likeness (QED) is 0.862. The van der Waals surface area contributed by atoms with Gasteiger partial charge in [-0.2, -0.15) is 0 Å². The normalized spacial score (nSPS) is 27.1. The van der Waals surface area contributed by atoms with Gasteiger partial charge in [0.15, 0.2) is 0 Å². The Morgan fingerprint density at radius 2 is 2.07 bits per heavy atom. The zero-order chi connectivity index (χ0) is 10.1. The number of anilines is 1. The van der Waals surface area contributed by atoms with Gasteiger partial charge in [0.2, 0.25) is 0 Å². The minimum absolute atomic E-state index is 0.587. The van der Waals surface area contributed by atoms with E-state index in [0.29, 0.717) is 6.04 Å². The molecule has 0 heterocycles. The Morgan fingerprint density at radius 1 is 1.43 bits per heavy atom. The van der Waals surface area contributed by atoms with Gasteiger partial charge < -0.3 is 5.32 Å². The molecule has 0 aliphatic heterocycles. The van der Waals surface area contributed by atoms with E-state index < -0.39 is 0 Å². The van der Waals surface area contributed by atoms with Gasteiger partial charge in [0, 0.05) is 16.2 Å².